The minimum Gasteiger partial charge on any atom is -0.0663 e. The normalized spacial score (nSPS) is 40.2. The van der Waals surface area contributed by atoms with Crippen molar-refractivity contribution in [1.29, 1.82) is 0 Å². The monoisotopic (exact) mass is 162 g/mol. The van der Waals surface area contributed by atoms with Gasteiger partial charge >= 0.3 is 0 Å². The topological polar surface area (TPSA) is 0 Å². The fraction of sp³-hybridized carbons (Fsp3) is 0.667. The van der Waals surface area contributed by atoms with Gasteiger partial charge in [-0.05, 0) is 34.1 Å². The van der Waals surface area contributed by atoms with Gasteiger partial charge in [-0.1, -0.05) is 29.2 Å². The van der Waals surface area contributed by atoms with Gasteiger partial charge in [-0.2, -0.15) is 0 Å². The maximum atomic E-state index is 2.40. The fourth-order valence-electron chi connectivity index (χ4n) is 3.02. The number of fused-ring (bicyclic) bond motifs is 2. The molecule has 0 N–H and O–H groups in total. The molecule has 0 aromatic carbocycles. The SMILES string of the molecule is CC1=C(C)C2(C)CC1C(C)=C2C. The van der Waals surface area contributed by atoms with Crippen LogP contribution < -0.4 is 0 Å². The third kappa shape index (κ3) is 0.646. The number of allylic oxidation sites excluding steroid dienone is 4. The number of hydrogen-bond donors (Lipinski definition) is 0. The summed E-state index contributed by atoms with van der Waals surface area (Å²) in [7, 11) is 0. The highest BCUT2D eigenvalue weighted by Gasteiger charge is 2.46. The van der Waals surface area contributed by atoms with Crippen LogP contribution in [0, 0.1) is 11.3 Å². The lowest BCUT2D eigenvalue weighted by molar-refractivity contribution is 0.482. The Balaban J connectivity index is 2.58. The molecule has 2 aliphatic carbocycles. The van der Waals surface area contributed by atoms with E-state index in [0.717, 1.165) is 5.92 Å². The van der Waals surface area contributed by atoms with Crippen molar-refractivity contribution in [3.63, 3.8) is 0 Å². The first-order chi connectivity index (χ1) is 5.48. The maximum Gasteiger partial charge on any atom is 0.0101 e. The van der Waals surface area contributed by atoms with Crippen molar-refractivity contribution < 1.29 is 0 Å². The van der Waals surface area contributed by atoms with Crippen LogP contribution in [0.25, 0.3) is 0 Å². The summed E-state index contributed by atoms with van der Waals surface area (Å²) in [6, 6.07) is 0. The van der Waals surface area contributed by atoms with Crippen molar-refractivity contribution in [1.82, 2.24) is 0 Å². The Bertz CT molecular complexity index is 276. The Morgan fingerprint density at radius 3 is 1.67 bits per heavy atom. The standard InChI is InChI=1S/C12H18/c1-7-9(3)12(5)6-11(7)8(2)10(12)4/h11H,6H2,1-5H3. The van der Waals surface area contributed by atoms with Gasteiger partial charge in [0, 0.05) is 11.3 Å². The molecule has 0 amide bonds. The average Bonchev–Trinajstić information content (AvgIpc) is 2.39. The van der Waals surface area contributed by atoms with Gasteiger partial charge in [0.2, 0.25) is 0 Å². The highest BCUT2D eigenvalue weighted by molar-refractivity contribution is 5.48. The molecule has 0 aromatic rings. The van der Waals surface area contributed by atoms with E-state index in [4.69, 9.17) is 0 Å². The second-order valence-electron chi connectivity index (χ2n) is 4.70. The smallest absolute Gasteiger partial charge is 0.0101 e. The lowest BCUT2D eigenvalue weighted by atomic mass is 9.78. The van der Waals surface area contributed by atoms with Gasteiger partial charge in [-0.3, -0.25) is 0 Å². The summed E-state index contributed by atoms with van der Waals surface area (Å²) in [4.78, 5) is 0. The molecule has 0 heteroatoms. The molecule has 0 spiro atoms. The minimum absolute atomic E-state index is 0.429. The second-order valence-corrected chi connectivity index (χ2v) is 4.70. The molecule has 0 saturated carbocycles. The van der Waals surface area contributed by atoms with Crippen LogP contribution in [-0.4, -0.2) is 0 Å². The summed E-state index contributed by atoms with van der Waals surface area (Å²) in [5.41, 5.74) is 6.98. The van der Waals surface area contributed by atoms with E-state index in [1.54, 1.807) is 22.3 Å². The van der Waals surface area contributed by atoms with Gasteiger partial charge in [-0.15, -0.1) is 0 Å². The van der Waals surface area contributed by atoms with Gasteiger partial charge in [-0.25, -0.2) is 0 Å². The summed E-state index contributed by atoms with van der Waals surface area (Å²) in [6.07, 6.45) is 1.35. The van der Waals surface area contributed by atoms with E-state index >= 15 is 0 Å². The van der Waals surface area contributed by atoms with E-state index in [9.17, 15) is 0 Å². The van der Waals surface area contributed by atoms with Crippen LogP contribution in [0.1, 0.15) is 41.0 Å². The molecule has 0 heterocycles. The molecule has 0 nitrogen and oxygen atoms in total. The van der Waals surface area contributed by atoms with Crippen LogP contribution >= 0.6 is 0 Å². The van der Waals surface area contributed by atoms with Gasteiger partial charge in [0.1, 0.15) is 0 Å². The van der Waals surface area contributed by atoms with Gasteiger partial charge < -0.3 is 0 Å². The number of rotatable bonds is 0. The average molecular weight is 162 g/mol. The zero-order valence-electron chi connectivity index (χ0n) is 8.78. The van der Waals surface area contributed by atoms with Crippen molar-refractivity contribution in [3.8, 4) is 0 Å². The summed E-state index contributed by atoms with van der Waals surface area (Å²) >= 11 is 0. The molecule has 0 radical (unpaired) electrons. The molecule has 0 unspecified atom stereocenters. The molecule has 0 aromatic heterocycles. The predicted molar refractivity (Wildman–Crippen MR) is 53.0 cm³/mol. The molecule has 0 atom stereocenters. The maximum absolute atomic E-state index is 2.40. The zero-order chi connectivity index (χ0) is 9.09. The molecule has 0 aliphatic heterocycles. The molecule has 2 rings (SSSR count). The van der Waals surface area contributed by atoms with Crippen LogP contribution in [0.3, 0.4) is 0 Å². The second kappa shape index (κ2) is 2.04. The Morgan fingerprint density at radius 2 is 1.42 bits per heavy atom. The minimum atomic E-state index is 0.429. The summed E-state index contributed by atoms with van der Waals surface area (Å²) in [6.45, 7) is 11.6. The van der Waals surface area contributed by atoms with Crippen molar-refractivity contribution >= 4 is 0 Å². The lowest BCUT2D eigenvalue weighted by Gasteiger charge is -2.27. The van der Waals surface area contributed by atoms with Crippen LogP contribution in [0.2, 0.25) is 0 Å². The molecular formula is C12H18. The molecule has 12 heavy (non-hydrogen) atoms. The van der Waals surface area contributed by atoms with Gasteiger partial charge in [0.25, 0.3) is 0 Å². The van der Waals surface area contributed by atoms with E-state index in [1.165, 1.54) is 6.42 Å². The number of hydrogen-bond acceptors (Lipinski definition) is 0. The van der Waals surface area contributed by atoms with Crippen LogP contribution in [0.4, 0.5) is 0 Å². The first-order valence-electron chi connectivity index (χ1n) is 4.84. The molecule has 2 aliphatic rings. The van der Waals surface area contributed by atoms with Crippen LogP contribution in [-0.2, 0) is 0 Å². The van der Waals surface area contributed by atoms with Crippen molar-refractivity contribution in [2.45, 2.75) is 41.0 Å². The lowest BCUT2D eigenvalue weighted by Crippen LogP contribution is -2.14. The van der Waals surface area contributed by atoms with Gasteiger partial charge in [0.15, 0.2) is 0 Å². The molecule has 0 saturated heterocycles. The van der Waals surface area contributed by atoms with Crippen molar-refractivity contribution in [2.75, 3.05) is 0 Å². The third-order valence-electron chi connectivity index (χ3n) is 4.50. The summed E-state index contributed by atoms with van der Waals surface area (Å²) in [5, 5.41) is 0. The molecule has 66 valence electrons. The molecule has 2 bridgehead atoms. The van der Waals surface area contributed by atoms with Crippen LogP contribution in [0.5, 0.6) is 0 Å². The van der Waals surface area contributed by atoms with E-state index in [2.05, 4.69) is 34.6 Å². The zero-order valence-corrected chi connectivity index (χ0v) is 8.78. The van der Waals surface area contributed by atoms with Crippen molar-refractivity contribution in [2.24, 2.45) is 11.3 Å². The quantitative estimate of drug-likeness (QED) is 0.476. The Labute approximate surface area is 75.4 Å². The predicted octanol–water partition coefficient (Wildman–Crippen LogP) is 3.70. The largest absolute Gasteiger partial charge is 0.0663 e. The summed E-state index contributed by atoms with van der Waals surface area (Å²) < 4.78 is 0. The molecule has 0 fully saturated rings. The first kappa shape index (κ1) is 8.10. The molecular weight excluding hydrogens is 144 g/mol. The first-order valence-corrected chi connectivity index (χ1v) is 4.84. The Hall–Kier alpha value is -0.520. The third-order valence-corrected chi connectivity index (χ3v) is 4.50. The summed E-state index contributed by atoms with van der Waals surface area (Å²) in [5.74, 6) is 0.787. The van der Waals surface area contributed by atoms with Crippen LogP contribution in [0.15, 0.2) is 22.3 Å². The van der Waals surface area contributed by atoms with E-state index in [0.29, 0.717) is 5.41 Å². The Kier molecular flexibility index (Phi) is 1.38. The van der Waals surface area contributed by atoms with Crippen molar-refractivity contribution in [3.05, 3.63) is 22.3 Å². The fourth-order valence-corrected chi connectivity index (χ4v) is 3.02. The van der Waals surface area contributed by atoms with E-state index in [-0.39, 0.29) is 0 Å². The Morgan fingerprint density at radius 1 is 1.00 bits per heavy atom. The van der Waals surface area contributed by atoms with E-state index < -0.39 is 0 Å². The highest BCUT2D eigenvalue weighted by atomic mass is 14.5. The van der Waals surface area contributed by atoms with E-state index in [1.807, 2.05) is 0 Å². The highest BCUT2D eigenvalue weighted by Crippen LogP contribution is 2.59. The van der Waals surface area contributed by atoms with Gasteiger partial charge in [0.05, 0.1) is 0 Å².